The van der Waals surface area contributed by atoms with Crippen LogP contribution in [0.25, 0.3) is 10.1 Å². The van der Waals surface area contributed by atoms with Gasteiger partial charge in [-0.1, -0.05) is 13.8 Å². The molecule has 0 saturated carbocycles. The van der Waals surface area contributed by atoms with Crippen molar-refractivity contribution in [1.29, 1.82) is 0 Å². The minimum atomic E-state index is 1.01. The van der Waals surface area contributed by atoms with Crippen molar-refractivity contribution < 1.29 is 0 Å². The third-order valence-electron chi connectivity index (χ3n) is 3.10. The van der Waals surface area contributed by atoms with Crippen molar-refractivity contribution in [1.82, 2.24) is 4.90 Å². The van der Waals surface area contributed by atoms with Gasteiger partial charge < -0.3 is 10.2 Å². The predicted octanol–water partition coefficient (Wildman–Crippen LogP) is 3.66. The monoisotopic (exact) mass is 248 g/mol. The number of nitrogens with zero attached hydrogens (tertiary/aromatic N) is 1. The fourth-order valence-electron chi connectivity index (χ4n) is 1.97. The van der Waals surface area contributed by atoms with Crippen LogP contribution in [0, 0.1) is 0 Å². The lowest BCUT2D eigenvalue weighted by atomic mass is 10.2. The Hall–Kier alpha value is -1.06. The molecule has 0 atom stereocenters. The molecule has 0 spiro atoms. The highest BCUT2D eigenvalue weighted by Crippen LogP contribution is 2.23. The van der Waals surface area contributed by atoms with Crippen LogP contribution < -0.4 is 5.32 Å². The van der Waals surface area contributed by atoms with E-state index >= 15 is 0 Å². The summed E-state index contributed by atoms with van der Waals surface area (Å²) in [6.07, 6.45) is 0. The number of hydrogen-bond donors (Lipinski definition) is 1. The Morgan fingerprint density at radius 2 is 2.00 bits per heavy atom. The van der Waals surface area contributed by atoms with Crippen LogP contribution in [0.1, 0.15) is 13.8 Å². The number of hydrogen-bond acceptors (Lipinski definition) is 3. The Labute approximate surface area is 107 Å². The molecule has 2 nitrogen and oxygen atoms in total. The molecule has 0 amide bonds. The van der Waals surface area contributed by atoms with Crippen molar-refractivity contribution in [2.75, 3.05) is 31.5 Å². The van der Waals surface area contributed by atoms with Gasteiger partial charge in [0.25, 0.3) is 0 Å². The van der Waals surface area contributed by atoms with Gasteiger partial charge in [0.05, 0.1) is 0 Å². The Bertz CT molecular complexity index is 460. The smallest absolute Gasteiger partial charge is 0.0347 e. The number of benzene rings is 1. The Morgan fingerprint density at radius 1 is 1.18 bits per heavy atom. The number of fused-ring (bicyclic) bond motifs is 1. The van der Waals surface area contributed by atoms with E-state index in [9.17, 15) is 0 Å². The Morgan fingerprint density at radius 3 is 2.76 bits per heavy atom. The standard InChI is InChI=1S/C14H20N2S/c1-3-16(4-2)9-8-15-13-5-6-14-12(11-13)7-10-17-14/h5-7,10-11,15H,3-4,8-9H2,1-2H3. The summed E-state index contributed by atoms with van der Waals surface area (Å²) in [7, 11) is 0. The lowest BCUT2D eigenvalue weighted by molar-refractivity contribution is 0.316. The van der Waals surface area contributed by atoms with E-state index < -0.39 is 0 Å². The first-order valence-corrected chi connectivity index (χ1v) is 7.15. The minimum absolute atomic E-state index is 1.01. The van der Waals surface area contributed by atoms with Gasteiger partial charge in [0.2, 0.25) is 0 Å². The van der Waals surface area contributed by atoms with Gasteiger partial charge in [-0.15, -0.1) is 11.3 Å². The topological polar surface area (TPSA) is 15.3 Å². The van der Waals surface area contributed by atoms with Crippen LogP contribution in [-0.2, 0) is 0 Å². The molecule has 0 aliphatic heterocycles. The second-order valence-electron chi connectivity index (χ2n) is 4.13. The molecule has 0 unspecified atom stereocenters. The molecular formula is C14H20N2S. The SMILES string of the molecule is CCN(CC)CCNc1ccc2sccc2c1. The molecule has 17 heavy (non-hydrogen) atoms. The Balaban J connectivity index is 1.90. The van der Waals surface area contributed by atoms with Crippen LogP contribution in [0.15, 0.2) is 29.6 Å². The second kappa shape index (κ2) is 6.03. The molecule has 0 aliphatic rings. The maximum absolute atomic E-state index is 3.49. The van der Waals surface area contributed by atoms with Gasteiger partial charge in [-0.2, -0.15) is 0 Å². The summed E-state index contributed by atoms with van der Waals surface area (Å²) >= 11 is 1.80. The van der Waals surface area contributed by atoms with E-state index in [1.165, 1.54) is 15.8 Å². The zero-order chi connectivity index (χ0) is 12.1. The fourth-order valence-corrected chi connectivity index (χ4v) is 2.75. The third-order valence-corrected chi connectivity index (χ3v) is 4.00. The number of nitrogens with one attached hydrogen (secondary N) is 1. The maximum Gasteiger partial charge on any atom is 0.0347 e. The van der Waals surface area contributed by atoms with Crippen molar-refractivity contribution in [3.05, 3.63) is 29.6 Å². The minimum Gasteiger partial charge on any atom is -0.384 e. The molecule has 1 N–H and O–H groups in total. The van der Waals surface area contributed by atoms with Crippen LogP contribution in [0.2, 0.25) is 0 Å². The van der Waals surface area contributed by atoms with Crippen LogP contribution in [0.3, 0.4) is 0 Å². The normalized spacial score (nSPS) is 11.2. The van der Waals surface area contributed by atoms with Crippen LogP contribution >= 0.6 is 11.3 Å². The van der Waals surface area contributed by atoms with Gasteiger partial charge in [0.15, 0.2) is 0 Å². The molecule has 1 aromatic heterocycles. The summed E-state index contributed by atoms with van der Waals surface area (Å²) in [5, 5.41) is 6.97. The molecule has 3 heteroatoms. The van der Waals surface area contributed by atoms with Crippen LogP contribution in [0.4, 0.5) is 5.69 Å². The summed E-state index contributed by atoms with van der Waals surface area (Å²) in [6, 6.07) is 8.77. The van der Waals surface area contributed by atoms with Gasteiger partial charge in [0, 0.05) is 23.5 Å². The molecule has 0 saturated heterocycles. The first-order valence-electron chi connectivity index (χ1n) is 6.27. The maximum atomic E-state index is 3.49. The van der Waals surface area contributed by atoms with Crippen molar-refractivity contribution in [3.63, 3.8) is 0 Å². The summed E-state index contributed by atoms with van der Waals surface area (Å²) in [6.45, 7) is 8.79. The number of anilines is 1. The van der Waals surface area contributed by atoms with E-state index in [1.807, 2.05) is 0 Å². The zero-order valence-electron chi connectivity index (χ0n) is 10.6. The van der Waals surface area contributed by atoms with E-state index in [4.69, 9.17) is 0 Å². The van der Waals surface area contributed by atoms with E-state index in [2.05, 4.69) is 53.7 Å². The van der Waals surface area contributed by atoms with Crippen molar-refractivity contribution in [2.45, 2.75) is 13.8 Å². The number of rotatable bonds is 6. The van der Waals surface area contributed by atoms with Gasteiger partial charge in [-0.05, 0) is 48.1 Å². The van der Waals surface area contributed by atoms with Gasteiger partial charge >= 0.3 is 0 Å². The number of likely N-dealkylation sites (N-methyl/N-ethyl adjacent to an activating group) is 1. The molecule has 0 bridgehead atoms. The third kappa shape index (κ3) is 3.20. The summed E-state index contributed by atoms with van der Waals surface area (Å²) < 4.78 is 1.36. The van der Waals surface area contributed by atoms with Gasteiger partial charge in [0.1, 0.15) is 0 Å². The average Bonchev–Trinajstić information content (AvgIpc) is 2.82. The van der Waals surface area contributed by atoms with Crippen molar-refractivity contribution >= 4 is 27.1 Å². The van der Waals surface area contributed by atoms with E-state index in [0.717, 1.165) is 26.2 Å². The van der Waals surface area contributed by atoms with E-state index in [0.29, 0.717) is 0 Å². The van der Waals surface area contributed by atoms with Crippen molar-refractivity contribution in [2.24, 2.45) is 0 Å². The van der Waals surface area contributed by atoms with E-state index in [1.54, 1.807) is 11.3 Å². The highest BCUT2D eigenvalue weighted by molar-refractivity contribution is 7.17. The lowest BCUT2D eigenvalue weighted by Gasteiger charge is -2.18. The fraction of sp³-hybridized carbons (Fsp3) is 0.429. The van der Waals surface area contributed by atoms with Gasteiger partial charge in [-0.3, -0.25) is 0 Å². The molecule has 1 heterocycles. The quantitative estimate of drug-likeness (QED) is 0.839. The van der Waals surface area contributed by atoms with Crippen LogP contribution in [0.5, 0.6) is 0 Å². The largest absolute Gasteiger partial charge is 0.384 e. The molecule has 0 radical (unpaired) electrons. The summed E-state index contributed by atoms with van der Waals surface area (Å²) in [5.74, 6) is 0. The molecule has 1 aromatic carbocycles. The molecule has 92 valence electrons. The summed E-state index contributed by atoms with van der Waals surface area (Å²) in [5.41, 5.74) is 1.23. The number of thiophene rings is 1. The average molecular weight is 248 g/mol. The predicted molar refractivity (Wildman–Crippen MR) is 78.1 cm³/mol. The second-order valence-corrected chi connectivity index (χ2v) is 5.07. The lowest BCUT2D eigenvalue weighted by Crippen LogP contribution is -2.28. The van der Waals surface area contributed by atoms with Crippen molar-refractivity contribution in [3.8, 4) is 0 Å². The highest BCUT2D eigenvalue weighted by Gasteiger charge is 1.99. The first kappa shape index (κ1) is 12.4. The molecule has 2 rings (SSSR count). The zero-order valence-corrected chi connectivity index (χ0v) is 11.4. The Kier molecular flexibility index (Phi) is 4.40. The van der Waals surface area contributed by atoms with Gasteiger partial charge in [-0.25, -0.2) is 0 Å². The molecule has 0 aliphatic carbocycles. The molecular weight excluding hydrogens is 228 g/mol. The first-order chi connectivity index (χ1) is 8.33. The van der Waals surface area contributed by atoms with E-state index in [-0.39, 0.29) is 0 Å². The molecule has 2 aromatic rings. The highest BCUT2D eigenvalue weighted by atomic mass is 32.1. The van der Waals surface area contributed by atoms with Crippen LogP contribution in [-0.4, -0.2) is 31.1 Å². The summed E-state index contributed by atoms with van der Waals surface area (Å²) in [4.78, 5) is 2.43. The molecule has 0 fully saturated rings.